The molecule has 0 bridgehead atoms. The molecule has 6 heteroatoms. The minimum absolute atomic E-state index is 0.238. The van der Waals surface area contributed by atoms with Crippen LogP contribution in [0.5, 0.6) is 5.75 Å². The highest BCUT2D eigenvalue weighted by atomic mass is 79.9. The SMILES string of the molecule is Cc1cc(NC(=S)NC(=O)c2cccc(OCc3ccccc3)c2)ccc1Br. The van der Waals surface area contributed by atoms with Crippen LogP contribution in [0.4, 0.5) is 5.69 Å². The number of nitrogens with one attached hydrogen (secondary N) is 2. The molecule has 0 aliphatic rings. The van der Waals surface area contributed by atoms with Gasteiger partial charge in [-0.3, -0.25) is 10.1 Å². The smallest absolute Gasteiger partial charge is 0.257 e. The normalized spacial score (nSPS) is 10.2. The second-order valence-corrected chi connectivity index (χ2v) is 7.44. The number of hydrogen-bond donors (Lipinski definition) is 2. The van der Waals surface area contributed by atoms with Crippen molar-refractivity contribution in [2.24, 2.45) is 0 Å². The Kier molecular flexibility index (Phi) is 6.79. The van der Waals surface area contributed by atoms with E-state index >= 15 is 0 Å². The molecule has 0 heterocycles. The Morgan fingerprint density at radius 3 is 2.57 bits per heavy atom. The lowest BCUT2D eigenvalue weighted by Gasteiger charge is -2.12. The number of aryl methyl sites for hydroxylation is 1. The number of halogens is 1. The number of carbonyl (C=O) groups is 1. The van der Waals surface area contributed by atoms with Crippen molar-refractivity contribution in [3.05, 3.63) is 94.0 Å². The molecule has 0 aliphatic carbocycles. The zero-order chi connectivity index (χ0) is 19.9. The van der Waals surface area contributed by atoms with Crippen LogP contribution in [0, 0.1) is 6.92 Å². The first-order valence-corrected chi connectivity index (χ1v) is 9.86. The molecule has 1 amide bonds. The van der Waals surface area contributed by atoms with Crippen molar-refractivity contribution in [2.45, 2.75) is 13.5 Å². The van der Waals surface area contributed by atoms with Crippen LogP contribution < -0.4 is 15.4 Å². The number of anilines is 1. The molecule has 0 saturated carbocycles. The van der Waals surface area contributed by atoms with E-state index in [1.165, 1.54) is 0 Å². The first-order valence-electron chi connectivity index (χ1n) is 8.66. The van der Waals surface area contributed by atoms with E-state index in [0.29, 0.717) is 17.9 Å². The predicted molar refractivity (Wildman–Crippen MR) is 120 cm³/mol. The monoisotopic (exact) mass is 454 g/mol. The Bertz CT molecular complexity index is 993. The fourth-order valence-electron chi connectivity index (χ4n) is 2.53. The van der Waals surface area contributed by atoms with Gasteiger partial charge in [0.25, 0.3) is 5.91 Å². The van der Waals surface area contributed by atoms with Gasteiger partial charge in [0.2, 0.25) is 0 Å². The summed E-state index contributed by atoms with van der Waals surface area (Å²) in [4.78, 5) is 12.5. The maximum atomic E-state index is 12.5. The highest BCUT2D eigenvalue weighted by molar-refractivity contribution is 9.10. The summed E-state index contributed by atoms with van der Waals surface area (Å²) < 4.78 is 6.79. The van der Waals surface area contributed by atoms with E-state index in [1.54, 1.807) is 18.2 Å². The number of ether oxygens (including phenoxy) is 1. The molecule has 28 heavy (non-hydrogen) atoms. The van der Waals surface area contributed by atoms with E-state index < -0.39 is 0 Å². The average Bonchev–Trinajstić information content (AvgIpc) is 2.70. The summed E-state index contributed by atoms with van der Waals surface area (Å²) in [6.07, 6.45) is 0. The van der Waals surface area contributed by atoms with Gasteiger partial charge in [0.05, 0.1) is 0 Å². The van der Waals surface area contributed by atoms with Crippen LogP contribution in [0.2, 0.25) is 0 Å². The van der Waals surface area contributed by atoms with Crippen LogP contribution in [0.3, 0.4) is 0 Å². The summed E-state index contributed by atoms with van der Waals surface area (Å²) in [7, 11) is 0. The van der Waals surface area contributed by atoms with Crippen molar-refractivity contribution in [3.8, 4) is 5.75 Å². The van der Waals surface area contributed by atoms with Gasteiger partial charge in [-0.1, -0.05) is 52.3 Å². The summed E-state index contributed by atoms with van der Waals surface area (Å²) in [6.45, 7) is 2.42. The predicted octanol–water partition coefficient (Wildman–Crippen LogP) is 5.46. The largest absolute Gasteiger partial charge is 0.489 e. The minimum Gasteiger partial charge on any atom is -0.489 e. The Labute approximate surface area is 178 Å². The molecule has 4 nitrogen and oxygen atoms in total. The molecule has 0 aliphatic heterocycles. The third kappa shape index (κ3) is 5.65. The molecule has 0 radical (unpaired) electrons. The number of benzene rings is 3. The van der Waals surface area contributed by atoms with Gasteiger partial charge in [0, 0.05) is 15.7 Å². The lowest BCUT2D eigenvalue weighted by atomic mass is 10.2. The highest BCUT2D eigenvalue weighted by Gasteiger charge is 2.10. The van der Waals surface area contributed by atoms with Gasteiger partial charge < -0.3 is 10.1 Å². The average molecular weight is 455 g/mol. The fourth-order valence-corrected chi connectivity index (χ4v) is 2.99. The summed E-state index contributed by atoms with van der Waals surface area (Å²) in [6, 6.07) is 22.6. The topological polar surface area (TPSA) is 50.4 Å². The Morgan fingerprint density at radius 2 is 1.82 bits per heavy atom. The number of rotatable bonds is 5. The zero-order valence-corrected chi connectivity index (χ0v) is 17.6. The molecule has 2 N–H and O–H groups in total. The van der Waals surface area contributed by atoms with Gasteiger partial charge in [-0.2, -0.15) is 0 Å². The molecule has 3 aromatic carbocycles. The zero-order valence-electron chi connectivity index (χ0n) is 15.2. The van der Waals surface area contributed by atoms with Crippen molar-refractivity contribution in [1.82, 2.24) is 5.32 Å². The van der Waals surface area contributed by atoms with Gasteiger partial charge in [0.15, 0.2) is 5.11 Å². The molecule has 3 aromatic rings. The fraction of sp³-hybridized carbons (Fsp3) is 0.0909. The van der Waals surface area contributed by atoms with Crippen LogP contribution in [-0.4, -0.2) is 11.0 Å². The van der Waals surface area contributed by atoms with Crippen molar-refractivity contribution in [1.29, 1.82) is 0 Å². The summed E-state index contributed by atoms with van der Waals surface area (Å²) in [5.41, 5.74) is 3.42. The summed E-state index contributed by atoms with van der Waals surface area (Å²) >= 11 is 8.71. The van der Waals surface area contributed by atoms with Gasteiger partial charge in [-0.05, 0) is 66.7 Å². The second kappa shape index (κ2) is 9.48. The van der Waals surface area contributed by atoms with E-state index in [2.05, 4.69) is 26.6 Å². The van der Waals surface area contributed by atoms with Crippen LogP contribution in [0.25, 0.3) is 0 Å². The quantitative estimate of drug-likeness (QED) is 0.502. The molecular formula is C22H19BrN2O2S. The Balaban J connectivity index is 1.59. The van der Waals surface area contributed by atoms with Crippen molar-refractivity contribution < 1.29 is 9.53 Å². The first-order chi connectivity index (χ1) is 13.5. The first kappa shape index (κ1) is 20.0. The Morgan fingerprint density at radius 1 is 1.04 bits per heavy atom. The minimum atomic E-state index is -0.295. The van der Waals surface area contributed by atoms with E-state index in [4.69, 9.17) is 17.0 Å². The molecule has 0 saturated heterocycles. The highest BCUT2D eigenvalue weighted by Crippen LogP contribution is 2.20. The molecule has 0 fully saturated rings. The summed E-state index contributed by atoms with van der Waals surface area (Å²) in [5, 5.41) is 5.95. The van der Waals surface area contributed by atoms with E-state index in [9.17, 15) is 4.79 Å². The van der Waals surface area contributed by atoms with Crippen LogP contribution in [0.15, 0.2) is 77.3 Å². The van der Waals surface area contributed by atoms with Crippen LogP contribution in [-0.2, 0) is 6.61 Å². The van der Waals surface area contributed by atoms with Gasteiger partial charge >= 0.3 is 0 Å². The maximum absolute atomic E-state index is 12.5. The maximum Gasteiger partial charge on any atom is 0.257 e. The lowest BCUT2D eigenvalue weighted by molar-refractivity contribution is 0.0977. The van der Waals surface area contributed by atoms with Crippen LogP contribution >= 0.6 is 28.1 Å². The van der Waals surface area contributed by atoms with Gasteiger partial charge in [-0.15, -0.1) is 0 Å². The van der Waals surface area contributed by atoms with E-state index in [1.807, 2.05) is 61.5 Å². The lowest BCUT2D eigenvalue weighted by Crippen LogP contribution is -2.34. The third-order valence-electron chi connectivity index (χ3n) is 3.99. The number of amides is 1. The molecule has 0 unspecified atom stereocenters. The van der Waals surface area contributed by atoms with Crippen molar-refractivity contribution in [2.75, 3.05) is 5.32 Å². The second-order valence-electron chi connectivity index (χ2n) is 6.17. The molecule has 0 aromatic heterocycles. The van der Waals surface area contributed by atoms with Crippen molar-refractivity contribution in [3.63, 3.8) is 0 Å². The van der Waals surface area contributed by atoms with Crippen molar-refractivity contribution >= 4 is 44.9 Å². The number of carbonyl (C=O) groups excluding carboxylic acids is 1. The molecule has 3 rings (SSSR count). The van der Waals surface area contributed by atoms with Gasteiger partial charge in [-0.25, -0.2) is 0 Å². The molecule has 142 valence electrons. The number of thiocarbonyl (C=S) groups is 1. The molecular weight excluding hydrogens is 436 g/mol. The third-order valence-corrected chi connectivity index (χ3v) is 5.08. The molecule has 0 spiro atoms. The van der Waals surface area contributed by atoms with E-state index in [-0.39, 0.29) is 11.0 Å². The van der Waals surface area contributed by atoms with Gasteiger partial charge in [0.1, 0.15) is 12.4 Å². The summed E-state index contributed by atoms with van der Waals surface area (Å²) in [5.74, 6) is 0.329. The Hall–Kier alpha value is -2.70. The number of hydrogen-bond acceptors (Lipinski definition) is 3. The standard InChI is InChI=1S/C22H19BrN2O2S/c1-15-12-18(10-11-20(15)23)24-22(28)25-21(26)17-8-5-9-19(13-17)27-14-16-6-3-2-4-7-16/h2-13H,14H2,1H3,(H2,24,25,26,28). The molecule has 0 atom stereocenters. The van der Waals surface area contributed by atoms with E-state index in [0.717, 1.165) is 21.3 Å². The van der Waals surface area contributed by atoms with Crippen LogP contribution in [0.1, 0.15) is 21.5 Å².